The second kappa shape index (κ2) is 9.02. The lowest BCUT2D eigenvalue weighted by Gasteiger charge is -2.12. The van der Waals surface area contributed by atoms with Gasteiger partial charge >= 0.3 is 5.97 Å². The monoisotopic (exact) mass is 438 g/mol. The molecule has 1 N–H and O–H groups in total. The van der Waals surface area contributed by atoms with Gasteiger partial charge in [0.15, 0.2) is 0 Å². The lowest BCUT2D eigenvalue weighted by Crippen LogP contribution is -2.10. The van der Waals surface area contributed by atoms with Gasteiger partial charge < -0.3 is 9.63 Å². The number of aromatic nitrogens is 2. The van der Waals surface area contributed by atoms with Crippen LogP contribution in [0.25, 0.3) is 34.0 Å². The number of benzene rings is 3. The molecule has 1 heterocycles. The van der Waals surface area contributed by atoms with Crippen molar-refractivity contribution in [3.63, 3.8) is 0 Å². The molecule has 1 aliphatic carbocycles. The minimum absolute atomic E-state index is 0.186. The summed E-state index contributed by atoms with van der Waals surface area (Å²) in [6, 6.07) is 24.6. The molecule has 5 rings (SSSR count). The fourth-order valence-electron chi connectivity index (χ4n) is 4.75. The van der Waals surface area contributed by atoms with Crippen LogP contribution < -0.4 is 0 Å². The highest BCUT2D eigenvalue weighted by atomic mass is 16.5. The lowest BCUT2D eigenvalue weighted by atomic mass is 9.93. The van der Waals surface area contributed by atoms with E-state index in [4.69, 9.17) is 4.52 Å². The number of carboxylic acids is 1. The molecule has 0 aliphatic heterocycles. The summed E-state index contributed by atoms with van der Waals surface area (Å²) >= 11 is 0. The van der Waals surface area contributed by atoms with Crippen molar-refractivity contribution < 1.29 is 14.4 Å². The Morgan fingerprint density at radius 1 is 0.939 bits per heavy atom. The first-order chi connectivity index (χ1) is 16.1. The second-order valence-electron chi connectivity index (χ2n) is 8.93. The maximum absolute atomic E-state index is 11.2. The first-order valence-electron chi connectivity index (χ1n) is 11.4. The van der Waals surface area contributed by atoms with E-state index < -0.39 is 5.97 Å². The van der Waals surface area contributed by atoms with Gasteiger partial charge in [0.25, 0.3) is 5.89 Å². The average molecular weight is 439 g/mol. The molecule has 0 saturated heterocycles. The van der Waals surface area contributed by atoms with Crippen LogP contribution in [0.1, 0.15) is 30.4 Å². The Labute approximate surface area is 193 Å². The third-order valence-corrected chi connectivity index (χ3v) is 6.66. The fourth-order valence-corrected chi connectivity index (χ4v) is 4.75. The SMILES string of the molecule is Cc1cc(-c2noc(-c3ccc(-c4ccccc4)cc3)n2)ccc1C[C@H]1CC[C@@H](C(=O)O)C1. The molecule has 1 fully saturated rings. The van der Waals surface area contributed by atoms with Crippen LogP contribution in [0.15, 0.2) is 77.3 Å². The molecule has 4 aromatic rings. The van der Waals surface area contributed by atoms with E-state index in [2.05, 4.69) is 53.5 Å². The molecule has 1 saturated carbocycles. The summed E-state index contributed by atoms with van der Waals surface area (Å²) in [7, 11) is 0. The first-order valence-corrected chi connectivity index (χ1v) is 11.4. The van der Waals surface area contributed by atoms with Crippen molar-refractivity contribution in [3.8, 4) is 34.0 Å². The molecular weight excluding hydrogens is 412 g/mol. The number of carboxylic acid groups (broad SMARTS) is 1. The molecule has 1 aliphatic rings. The number of nitrogens with zero attached hydrogens (tertiary/aromatic N) is 2. The zero-order valence-electron chi connectivity index (χ0n) is 18.6. The van der Waals surface area contributed by atoms with Crippen molar-refractivity contribution in [2.75, 3.05) is 0 Å². The summed E-state index contributed by atoms with van der Waals surface area (Å²) in [6.07, 6.45) is 3.46. The first kappa shape index (κ1) is 21.1. The minimum atomic E-state index is -0.660. The Morgan fingerprint density at radius 3 is 2.33 bits per heavy atom. The van der Waals surface area contributed by atoms with Crippen LogP contribution in [0.2, 0.25) is 0 Å². The summed E-state index contributed by atoms with van der Waals surface area (Å²) in [6.45, 7) is 2.09. The molecule has 5 heteroatoms. The molecule has 3 aromatic carbocycles. The van der Waals surface area contributed by atoms with Crippen LogP contribution in [0.5, 0.6) is 0 Å². The summed E-state index contributed by atoms with van der Waals surface area (Å²) in [5, 5.41) is 13.4. The van der Waals surface area contributed by atoms with Crippen LogP contribution >= 0.6 is 0 Å². The zero-order valence-corrected chi connectivity index (χ0v) is 18.6. The van der Waals surface area contributed by atoms with E-state index in [1.54, 1.807) is 0 Å². The van der Waals surface area contributed by atoms with Gasteiger partial charge in [0.05, 0.1) is 5.92 Å². The van der Waals surface area contributed by atoms with Gasteiger partial charge in [0, 0.05) is 11.1 Å². The van der Waals surface area contributed by atoms with Crippen LogP contribution in [0.4, 0.5) is 0 Å². The third-order valence-electron chi connectivity index (χ3n) is 6.66. The van der Waals surface area contributed by atoms with Gasteiger partial charge in [-0.15, -0.1) is 0 Å². The molecule has 5 nitrogen and oxygen atoms in total. The Morgan fingerprint density at radius 2 is 1.64 bits per heavy atom. The molecule has 166 valence electrons. The highest BCUT2D eigenvalue weighted by molar-refractivity contribution is 5.70. The van der Waals surface area contributed by atoms with Crippen molar-refractivity contribution in [3.05, 3.63) is 83.9 Å². The number of aryl methyl sites for hydroxylation is 1. The van der Waals surface area contributed by atoms with E-state index in [1.165, 1.54) is 16.7 Å². The summed E-state index contributed by atoms with van der Waals surface area (Å²) < 4.78 is 5.55. The van der Waals surface area contributed by atoms with Crippen molar-refractivity contribution in [2.45, 2.75) is 32.6 Å². The quantitative estimate of drug-likeness (QED) is 0.376. The van der Waals surface area contributed by atoms with E-state index in [0.717, 1.165) is 42.4 Å². The molecular formula is C28H26N2O3. The fraction of sp³-hybridized carbons (Fsp3) is 0.250. The Kier molecular flexibility index (Phi) is 5.78. The number of hydrogen-bond acceptors (Lipinski definition) is 4. The van der Waals surface area contributed by atoms with E-state index in [9.17, 15) is 9.90 Å². The van der Waals surface area contributed by atoms with Crippen molar-refractivity contribution >= 4 is 5.97 Å². The molecule has 0 bridgehead atoms. The molecule has 0 spiro atoms. The van der Waals surface area contributed by atoms with Gasteiger partial charge in [-0.1, -0.05) is 59.8 Å². The highest BCUT2D eigenvalue weighted by Gasteiger charge is 2.29. The predicted molar refractivity (Wildman–Crippen MR) is 128 cm³/mol. The molecule has 0 unspecified atom stereocenters. The van der Waals surface area contributed by atoms with Crippen LogP contribution in [-0.2, 0) is 11.2 Å². The Hall–Kier alpha value is -3.73. The third kappa shape index (κ3) is 4.58. The van der Waals surface area contributed by atoms with E-state index in [-0.39, 0.29) is 5.92 Å². The summed E-state index contributed by atoms with van der Waals surface area (Å²) in [5.41, 5.74) is 6.54. The van der Waals surface area contributed by atoms with Crippen molar-refractivity contribution in [2.24, 2.45) is 11.8 Å². The number of aliphatic carboxylic acids is 1. The topological polar surface area (TPSA) is 76.2 Å². The maximum Gasteiger partial charge on any atom is 0.306 e. The molecule has 1 aromatic heterocycles. The second-order valence-corrected chi connectivity index (χ2v) is 8.93. The molecule has 0 radical (unpaired) electrons. The molecule has 33 heavy (non-hydrogen) atoms. The Balaban J connectivity index is 1.30. The maximum atomic E-state index is 11.2. The van der Waals surface area contributed by atoms with Crippen LogP contribution in [0.3, 0.4) is 0 Å². The van der Waals surface area contributed by atoms with E-state index in [1.807, 2.05) is 36.4 Å². The van der Waals surface area contributed by atoms with Gasteiger partial charge in [0.2, 0.25) is 5.82 Å². The number of carbonyl (C=O) groups is 1. The van der Waals surface area contributed by atoms with Gasteiger partial charge in [0.1, 0.15) is 0 Å². The minimum Gasteiger partial charge on any atom is -0.481 e. The van der Waals surface area contributed by atoms with Crippen LogP contribution in [0, 0.1) is 18.8 Å². The van der Waals surface area contributed by atoms with Gasteiger partial charge in [-0.2, -0.15) is 4.98 Å². The average Bonchev–Trinajstić information content (AvgIpc) is 3.52. The standard InChI is InChI=1S/C28H26N2O3/c1-18-15-24(14-13-23(18)16-19-7-8-25(17-19)28(31)32)26-29-27(33-30-26)22-11-9-21(10-12-22)20-5-3-2-4-6-20/h2-6,9-15,19,25H,7-8,16-17H2,1H3,(H,31,32)/t19-,25-/m1/s1. The smallest absolute Gasteiger partial charge is 0.306 e. The van der Waals surface area contributed by atoms with E-state index in [0.29, 0.717) is 17.6 Å². The normalized spacial score (nSPS) is 17.8. The van der Waals surface area contributed by atoms with Crippen LogP contribution in [-0.4, -0.2) is 21.2 Å². The van der Waals surface area contributed by atoms with E-state index >= 15 is 0 Å². The summed E-state index contributed by atoms with van der Waals surface area (Å²) in [5.74, 6) is 0.656. The van der Waals surface area contributed by atoms with Gasteiger partial charge in [-0.3, -0.25) is 4.79 Å². The number of hydrogen-bond donors (Lipinski definition) is 1. The Bertz CT molecular complexity index is 1260. The van der Waals surface area contributed by atoms with Crippen molar-refractivity contribution in [1.82, 2.24) is 10.1 Å². The molecule has 0 amide bonds. The highest BCUT2D eigenvalue weighted by Crippen LogP contribution is 2.34. The lowest BCUT2D eigenvalue weighted by molar-refractivity contribution is -0.141. The van der Waals surface area contributed by atoms with Crippen molar-refractivity contribution in [1.29, 1.82) is 0 Å². The number of rotatable bonds is 6. The van der Waals surface area contributed by atoms with Gasteiger partial charge in [-0.25, -0.2) is 0 Å². The predicted octanol–water partition coefficient (Wildman–Crippen LogP) is 6.42. The van der Waals surface area contributed by atoms with Gasteiger partial charge in [-0.05, 0) is 79.0 Å². The largest absolute Gasteiger partial charge is 0.481 e. The zero-order chi connectivity index (χ0) is 22.8. The molecule has 2 atom stereocenters. The summed E-state index contributed by atoms with van der Waals surface area (Å²) in [4.78, 5) is 15.8.